The molecule has 0 aromatic carbocycles. The topological polar surface area (TPSA) is 169 Å². The predicted molar refractivity (Wildman–Crippen MR) is 266 cm³/mol. The second kappa shape index (κ2) is 44.7. The summed E-state index contributed by atoms with van der Waals surface area (Å²) in [5.74, 6) is -2.47. The van der Waals surface area contributed by atoms with E-state index in [1.807, 2.05) is 0 Å². The molecule has 0 aliphatic carbocycles. The highest BCUT2D eigenvalue weighted by atomic mass is 16.7. The van der Waals surface area contributed by atoms with Crippen LogP contribution < -0.4 is 0 Å². The number of unbranched alkanes of at least 4 members (excludes halogenated alkanes) is 26. The van der Waals surface area contributed by atoms with Crippen LogP contribution in [0.4, 0.5) is 0 Å². The highest BCUT2D eigenvalue weighted by molar-refractivity contribution is 5.73. The van der Waals surface area contributed by atoms with E-state index in [0.717, 1.165) is 70.6 Å². The first kappa shape index (κ1) is 61.2. The van der Waals surface area contributed by atoms with Gasteiger partial charge in [0.25, 0.3) is 0 Å². The summed E-state index contributed by atoms with van der Waals surface area (Å²) >= 11 is 0. The molecule has 1 saturated heterocycles. The van der Waals surface area contributed by atoms with Gasteiger partial charge >= 0.3 is 17.9 Å². The lowest BCUT2D eigenvalue weighted by molar-refractivity contribution is -0.298. The molecular weight excluding hydrogens is 837 g/mol. The molecule has 6 unspecified atom stereocenters. The number of hydrogen-bond donors (Lipinski definition) is 4. The van der Waals surface area contributed by atoms with E-state index in [9.17, 15) is 34.8 Å². The zero-order valence-corrected chi connectivity index (χ0v) is 41.7. The summed E-state index contributed by atoms with van der Waals surface area (Å²) in [5, 5.41) is 40.0. The minimum atomic E-state index is -1.87. The Morgan fingerprint density at radius 1 is 0.485 bits per heavy atom. The third-order valence-corrected chi connectivity index (χ3v) is 12.2. The van der Waals surface area contributed by atoms with E-state index in [-0.39, 0.29) is 19.4 Å². The van der Waals surface area contributed by atoms with Crippen molar-refractivity contribution >= 4 is 17.9 Å². The molecule has 1 rings (SSSR count). The molecule has 66 heavy (non-hydrogen) atoms. The summed E-state index contributed by atoms with van der Waals surface area (Å²) in [6, 6.07) is 0. The zero-order valence-electron chi connectivity index (χ0n) is 41.7. The lowest BCUT2D eigenvalue weighted by Gasteiger charge is -2.38. The van der Waals surface area contributed by atoms with E-state index in [4.69, 9.17) is 18.9 Å². The Hall–Kier alpha value is -2.83. The molecule has 4 N–H and O–H groups in total. The smallest absolute Gasteiger partial charge is 0.335 e. The number of hydrogen-bond acceptors (Lipinski definition) is 10. The normalized spacial score (nSPS) is 19.4. The maximum Gasteiger partial charge on any atom is 0.335 e. The molecule has 0 aromatic heterocycles. The third kappa shape index (κ3) is 35.3. The van der Waals surface area contributed by atoms with Crippen LogP contribution in [-0.4, -0.2) is 88.4 Å². The Balaban J connectivity index is 2.27. The van der Waals surface area contributed by atoms with Gasteiger partial charge in [-0.05, 0) is 51.4 Å². The van der Waals surface area contributed by atoms with Crippen LogP contribution in [0.2, 0.25) is 0 Å². The van der Waals surface area contributed by atoms with E-state index in [1.165, 1.54) is 122 Å². The fraction of sp³-hybridized carbons (Fsp3) is 0.800. The molecule has 0 spiro atoms. The maximum absolute atomic E-state index is 12.9. The van der Waals surface area contributed by atoms with Gasteiger partial charge in [0.15, 0.2) is 18.5 Å². The number of rotatable bonds is 45. The quantitative estimate of drug-likeness (QED) is 0.0260. The number of ether oxygens (including phenoxy) is 4. The van der Waals surface area contributed by atoms with Crippen molar-refractivity contribution in [2.24, 2.45) is 0 Å². The van der Waals surface area contributed by atoms with Crippen molar-refractivity contribution in [2.45, 2.75) is 269 Å². The fourth-order valence-corrected chi connectivity index (χ4v) is 8.05. The van der Waals surface area contributed by atoms with Gasteiger partial charge in [0.2, 0.25) is 0 Å². The number of carbonyl (C=O) groups is 3. The summed E-state index contributed by atoms with van der Waals surface area (Å²) in [6.07, 6.45) is 46.0. The molecule has 1 aliphatic heterocycles. The standard InChI is InChI=1S/C55H96O11/c1-3-5-7-9-11-13-15-17-19-21-22-23-24-25-26-28-30-32-34-36-38-40-42-44-49(57)65-47(46-64-55-52(60)50(58)51(59)53(66-55)54(61)62)45-63-48(56)43-41-39-37-35-33-31-29-27-20-18-16-14-12-10-8-6-4-2/h6,8,12,14,18,20,29,31,47,50-53,55,58-60H,3-5,7,9-11,13,15-17,19,21-28,30,32-46H2,1-2H3,(H,61,62)/b8-6-,14-12-,20-18-,31-29-. The van der Waals surface area contributed by atoms with Crippen LogP contribution in [-0.2, 0) is 33.3 Å². The average molecular weight is 933 g/mol. The van der Waals surface area contributed by atoms with Gasteiger partial charge in [0, 0.05) is 12.8 Å². The van der Waals surface area contributed by atoms with E-state index in [1.54, 1.807) is 0 Å². The summed E-state index contributed by atoms with van der Waals surface area (Å²) < 4.78 is 21.8. The van der Waals surface area contributed by atoms with Crippen LogP contribution in [0.15, 0.2) is 48.6 Å². The van der Waals surface area contributed by atoms with Gasteiger partial charge in [-0.2, -0.15) is 0 Å². The summed E-state index contributed by atoms with van der Waals surface area (Å²) in [6.45, 7) is 3.71. The van der Waals surface area contributed by atoms with E-state index < -0.39 is 61.3 Å². The van der Waals surface area contributed by atoms with Gasteiger partial charge in [0.1, 0.15) is 24.9 Å². The van der Waals surface area contributed by atoms with E-state index in [2.05, 4.69) is 62.5 Å². The number of allylic oxidation sites excluding steroid dienone is 8. The SMILES string of the molecule is CC/C=C\C/C=C\C/C=C\C/C=C\CCCCCCC(=O)OCC(COC1OC(C(=O)O)C(O)C(O)C1O)OC(=O)CCCCCCCCCCCCCCCCCCCCCCCCC. The van der Waals surface area contributed by atoms with Crippen LogP contribution in [0, 0.1) is 0 Å². The first-order chi connectivity index (χ1) is 32.2. The Bertz CT molecular complexity index is 1280. The Morgan fingerprint density at radius 2 is 0.894 bits per heavy atom. The monoisotopic (exact) mass is 933 g/mol. The highest BCUT2D eigenvalue weighted by Gasteiger charge is 2.47. The van der Waals surface area contributed by atoms with Gasteiger partial charge in [-0.15, -0.1) is 0 Å². The first-order valence-corrected chi connectivity index (χ1v) is 26.7. The Morgan fingerprint density at radius 3 is 1.35 bits per heavy atom. The molecule has 1 fully saturated rings. The van der Waals surface area contributed by atoms with Crippen LogP contribution in [0.25, 0.3) is 0 Å². The molecule has 0 radical (unpaired) electrons. The molecular formula is C55H96O11. The lowest BCUT2D eigenvalue weighted by Crippen LogP contribution is -2.60. The molecule has 0 amide bonds. The number of carboxylic acids is 1. The summed E-state index contributed by atoms with van der Waals surface area (Å²) in [4.78, 5) is 37.0. The molecule has 1 heterocycles. The second-order valence-corrected chi connectivity index (χ2v) is 18.3. The summed E-state index contributed by atoms with van der Waals surface area (Å²) in [7, 11) is 0. The van der Waals surface area contributed by atoms with Crippen molar-refractivity contribution in [1.29, 1.82) is 0 Å². The predicted octanol–water partition coefficient (Wildman–Crippen LogP) is 12.9. The van der Waals surface area contributed by atoms with Crippen LogP contribution in [0.1, 0.15) is 232 Å². The Kier molecular flexibility index (Phi) is 41.4. The van der Waals surface area contributed by atoms with Crippen molar-refractivity contribution in [3.05, 3.63) is 48.6 Å². The van der Waals surface area contributed by atoms with E-state index in [0.29, 0.717) is 12.8 Å². The number of aliphatic carboxylic acids is 1. The van der Waals surface area contributed by atoms with Crippen molar-refractivity contribution < 1.29 is 53.8 Å². The number of aliphatic hydroxyl groups excluding tert-OH is 3. The second-order valence-electron chi connectivity index (χ2n) is 18.3. The third-order valence-electron chi connectivity index (χ3n) is 12.2. The number of aliphatic hydroxyl groups is 3. The van der Waals surface area contributed by atoms with Gasteiger partial charge in [-0.1, -0.05) is 217 Å². The molecule has 0 aromatic rings. The molecule has 11 nitrogen and oxygen atoms in total. The lowest BCUT2D eigenvalue weighted by atomic mass is 9.99. The van der Waals surface area contributed by atoms with Gasteiger partial charge in [-0.3, -0.25) is 9.59 Å². The van der Waals surface area contributed by atoms with Crippen molar-refractivity contribution in [3.63, 3.8) is 0 Å². The largest absolute Gasteiger partial charge is 0.479 e. The van der Waals surface area contributed by atoms with Gasteiger partial charge < -0.3 is 39.4 Å². The van der Waals surface area contributed by atoms with Crippen molar-refractivity contribution in [1.82, 2.24) is 0 Å². The Labute approximate surface area is 401 Å². The first-order valence-electron chi connectivity index (χ1n) is 26.7. The van der Waals surface area contributed by atoms with Gasteiger partial charge in [-0.25, -0.2) is 4.79 Å². The molecule has 1 aliphatic rings. The van der Waals surface area contributed by atoms with Crippen LogP contribution >= 0.6 is 0 Å². The molecule has 0 bridgehead atoms. The number of carboxylic acid groups (broad SMARTS) is 1. The van der Waals surface area contributed by atoms with Crippen molar-refractivity contribution in [2.75, 3.05) is 13.2 Å². The molecule has 0 saturated carbocycles. The minimum Gasteiger partial charge on any atom is -0.479 e. The van der Waals surface area contributed by atoms with E-state index >= 15 is 0 Å². The average Bonchev–Trinajstić information content (AvgIpc) is 3.30. The zero-order chi connectivity index (χ0) is 48.1. The van der Waals surface area contributed by atoms with Crippen molar-refractivity contribution in [3.8, 4) is 0 Å². The van der Waals surface area contributed by atoms with Gasteiger partial charge in [0.05, 0.1) is 6.61 Å². The molecule has 6 atom stereocenters. The number of carbonyl (C=O) groups excluding carboxylic acids is 2. The molecule has 382 valence electrons. The highest BCUT2D eigenvalue weighted by Crippen LogP contribution is 2.23. The maximum atomic E-state index is 12.9. The minimum absolute atomic E-state index is 0.180. The van der Waals surface area contributed by atoms with Crippen LogP contribution in [0.3, 0.4) is 0 Å². The molecule has 11 heteroatoms. The number of esters is 2. The fourth-order valence-electron chi connectivity index (χ4n) is 8.05. The van der Waals surface area contributed by atoms with Crippen LogP contribution in [0.5, 0.6) is 0 Å². The summed E-state index contributed by atoms with van der Waals surface area (Å²) in [5.41, 5.74) is 0.